The first-order chi connectivity index (χ1) is 12.4. The van der Waals surface area contributed by atoms with Crippen LogP contribution in [0.4, 0.5) is 13.2 Å². The van der Waals surface area contributed by atoms with Crippen molar-refractivity contribution in [1.29, 1.82) is 0 Å². The topological polar surface area (TPSA) is 52.2 Å². The van der Waals surface area contributed by atoms with Gasteiger partial charge in [-0.15, -0.1) is 16.4 Å². The predicted octanol–water partition coefficient (Wildman–Crippen LogP) is 3.69. The number of pyridine rings is 1. The summed E-state index contributed by atoms with van der Waals surface area (Å²) in [7, 11) is 0. The fraction of sp³-hybridized carbons (Fsp3) is 0.118. The van der Waals surface area contributed by atoms with E-state index >= 15 is 0 Å². The van der Waals surface area contributed by atoms with Crippen molar-refractivity contribution in [3.05, 3.63) is 75.8 Å². The molecule has 0 saturated heterocycles. The Morgan fingerprint density at radius 3 is 2.54 bits per heavy atom. The minimum Gasteiger partial charge on any atom is -0.250 e. The van der Waals surface area contributed by atoms with E-state index in [0.717, 1.165) is 12.1 Å². The lowest BCUT2D eigenvalue weighted by atomic mass is 10.1. The van der Waals surface area contributed by atoms with Crippen molar-refractivity contribution in [2.24, 2.45) is 0 Å². The number of thiazole rings is 1. The van der Waals surface area contributed by atoms with Crippen molar-refractivity contribution in [1.82, 2.24) is 19.2 Å². The van der Waals surface area contributed by atoms with Gasteiger partial charge < -0.3 is 0 Å². The van der Waals surface area contributed by atoms with Crippen LogP contribution in [0.25, 0.3) is 16.2 Å². The molecule has 132 valence electrons. The first-order valence-corrected chi connectivity index (χ1v) is 8.46. The normalized spacial score (nSPS) is 12.0. The highest BCUT2D eigenvalue weighted by Crippen LogP contribution is 2.31. The van der Waals surface area contributed by atoms with E-state index in [1.54, 1.807) is 29.8 Å². The second-order valence-electron chi connectivity index (χ2n) is 5.59. The number of hydrogen-bond donors (Lipinski definition) is 0. The summed E-state index contributed by atoms with van der Waals surface area (Å²) in [5, 5.41) is 6.59. The highest BCUT2D eigenvalue weighted by molar-refractivity contribution is 7.13. The second kappa shape index (κ2) is 6.10. The molecular weight excluding hydrogens is 365 g/mol. The maximum atomic E-state index is 12.6. The highest BCUT2D eigenvalue weighted by Gasteiger charge is 2.30. The SMILES string of the molecule is O=c1n(Cc2csc(-c3ccc(C(F)(F)F)cc3)n2)nc2ccccn12. The lowest BCUT2D eigenvalue weighted by molar-refractivity contribution is -0.137. The van der Waals surface area contributed by atoms with Crippen molar-refractivity contribution in [3.63, 3.8) is 0 Å². The van der Waals surface area contributed by atoms with Crippen LogP contribution >= 0.6 is 11.3 Å². The van der Waals surface area contributed by atoms with E-state index in [4.69, 9.17) is 0 Å². The van der Waals surface area contributed by atoms with E-state index in [9.17, 15) is 18.0 Å². The Labute approximate surface area is 149 Å². The lowest BCUT2D eigenvalue weighted by Gasteiger charge is -2.06. The zero-order valence-corrected chi connectivity index (χ0v) is 14.0. The van der Waals surface area contributed by atoms with Crippen LogP contribution in [0.1, 0.15) is 11.3 Å². The standard InChI is InChI=1S/C17H11F3N4OS/c18-17(19,20)12-6-4-11(5-7-12)15-21-13(10-26-15)9-24-16(25)23-8-2-1-3-14(23)22-24/h1-8,10H,9H2. The van der Waals surface area contributed by atoms with Crippen molar-refractivity contribution < 1.29 is 13.2 Å². The summed E-state index contributed by atoms with van der Waals surface area (Å²) in [5.74, 6) is 0. The molecule has 0 amide bonds. The van der Waals surface area contributed by atoms with Crippen LogP contribution in [0, 0.1) is 0 Å². The number of benzene rings is 1. The Kier molecular flexibility index (Phi) is 3.87. The maximum absolute atomic E-state index is 12.6. The van der Waals surface area contributed by atoms with Gasteiger partial charge >= 0.3 is 11.9 Å². The molecule has 0 aliphatic heterocycles. The van der Waals surface area contributed by atoms with Gasteiger partial charge in [0.15, 0.2) is 5.65 Å². The summed E-state index contributed by atoms with van der Waals surface area (Å²) >= 11 is 1.31. The van der Waals surface area contributed by atoms with Gasteiger partial charge in [0.2, 0.25) is 0 Å². The van der Waals surface area contributed by atoms with E-state index < -0.39 is 11.7 Å². The molecule has 0 bridgehead atoms. The van der Waals surface area contributed by atoms with Crippen LogP contribution in [0.3, 0.4) is 0 Å². The molecule has 0 spiro atoms. The third-order valence-corrected chi connectivity index (χ3v) is 4.75. The number of hydrogen-bond acceptors (Lipinski definition) is 4. The summed E-state index contributed by atoms with van der Waals surface area (Å²) in [6.45, 7) is 0.192. The fourth-order valence-corrected chi connectivity index (χ4v) is 3.36. The molecule has 0 saturated carbocycles. The molecule has 0 aliphatic rings. The van der Waals surface area contributed by atoms with Gasteiger partial charge in [-0.1, -0.05) is 18.2 Å². The van der Waals surface area contributed by atoms with Crippen molar-refractivity contribution >= 4 is 17.0 Å². The van der Waals surface area contributed by atoms with Crippen LogP contribution in [0.5, 0.6) is 0 Å². The van der Waals surface area contributed by atoms with Gasteiger partial charge in [-0.05, 0) is 24.3 Å². The van der Waals surface area contributed by atoms with Crippen LogP contribution in [-0.2, 0) is 12.7 Å². The molecule has 3 heterocycles. The van der Waals surface area contributed by atoms with E-state index in [1.807, 2.05) is 0 Å². The van der Waals surface area contributed by atoms with Crippen LogP contribution in [-0.4, -0.2) is 19.2 Å². The summed E-state index contributed by atoms with van der Waals surface area (Å²) < 4.78 is 40.7. The van der Waals surface area contributed by atoms with Crippen molar-refractivity contribution in [2.75, 3.05) is 0 Å². The van der Waals surface area contributed by atoms with Gasteiger partial charge in [0.1, 0.15) is 5.01 Å². The molecule has 0 fully saturated rings. The van der Waals surface area contributed by atoms with Gasteiger partial charge in [-0.2, -0.15) is 13.2 Å². The summed E-state index contributed by atoms with van der Waals surface area (Å²) in [4.78, 5) is 16.7. The van der Waals surface area contributed by atoms with Gasteiger partial charge in [0.25, 0.3) is 0 Å². The van der Waals surface area contributed by atoms with Gasteiger partial charge in [0, 0.05) is 17.1 Å². The molecule has 1 aromatic carbocycles. The molecule has 0 aliphatic carbocycles. The average Bonchev–Trinajstić information content (AvgIpc) is 3.20. The van der Waals surface area contributed by atoms with Crippen molar-refractivity contribution in [2.45, 2.75) is 12.7 Å². The molecule has 0 N–H and O–H groups in total. The lowest BCUT2D eigenvalue weighted by Crippen LogP contribution is -2.21. The second-order valence-corrected chi connectivity index (χ2v) is 6.45. The predicted molar refractivity (Wildman–Crippen MR) is 91.1 cm³/mol. The number of nitrogens with zero attached hydrogens (tertiary/aromatic N) is 4. The Morgan fingerprint density at radius 2 is 1.85 bits per heavy atom. The quantitative estimate of drug-likeness (QED) is 0.548. The number of rotatable bonds is 3. The summed E-state index contributed by atoms with van der Waals surface area (Å²) in [6, 6.07) is 10.1. The molecule has 4 aromatic rings. The Hall–Kier alpha value is -2.94. The average molecular weight is 376 g/mol. The minimum atomic E-state index is -4.36. The fourth-order valence-electron chi connectivity index (χ4n) is 2.54. The molecule has 5 nitrogen and oxygen atoms in total. The number of aromatic nitrogens is 4. The highest BCUT2D eigenvalue weighted by atomic mass is 32.1. The summed E-state index contributed by atoms with van der Waals surface area (Å²) in [6.07, 6.45) is -2.73. The third-order valence-electron chi connectivity index (χ3n) is 3.81. The first kappa shape index (κ1) is 16.5. The van der Waals surface area contributed by atoms with E-state index in [1.165, 1.54) is 32.6 Å². The monoisotopic (exact) mass is 376 g/mol. The van der Waals surface area contributed by atoms with Crippen LogP contribution < -0.4 is 5.69 Å². The van der Waals surface area contributed by atoms with Crippen molar-refractivity contribution in [3.8, 4) is 10.6 Å². The molecular formula is C17H11F3N4OS. The first-order valence-electron chi connectivity index (χ1n) is 7.58. The maximum Gasteiger partial charge on any atom is 0.416 e. The Balaban J connectivity index is 1.60. The van der Waals surface area contributed by atoms with Gasteiger partial charge in [-0.3, -0.25) is 4.40 Å². The molecule has 3 aromatic heterocycles. The number of halogens is 3. The molecule has 0 radical (unpaired) electrons. The van der Waals surface area contributed by atoms with E-state index in [-0.39, 0.29) is 12.2 Å². The molecule has 9 heteroatoms. The van der Waals surface area contributed by atoms with Crippen LogP contribution in [0.2, 0.25) is 0 Å². The van der Waals surface area contributed by atoms with Gasteiger partial charge in [0.05, 0.1) is 17.8 Å². The number of fused-ring (bicyclic) bond motifs is 1. The number of alkyl halides is 3. The summed E-state index contributed by atoms with van der Waals surface area (Å²) in [5.41, 5.74) is 0.779. The zero-order valence-electron chi connectivity index (χ0n) is 13.1. The molecule has 0 unspecified atom stereocenters. The molecule has 26 heavy (non-hydrogen) atoms. The van der Waals surface area contributed by atoms with Gasteiger partial charge in [-0.25, -0.2) is 14.5 Å². The zero-order chi connectivity index (χ0) is 18.3. The van der Waals surface area contributed by atoms with E-state index in [2.05, 4.69) is 10.1 Å². The Bertz CT molecular complexity index is 1130. The largest absolute Gasteiger partial charge is 0.416 e. The minimum absolute atomic E-state index is 0.192. The smallest absolute Gasteiger partial charge is 0.250 e. The van der Waals surface area contributed by atoms with Crippen LogP contribution in [0.15, 0.2) is 58.8 Å². The Morgan fingerprint density at radius 1 is 1.08 bits per heavy atom. The van der Waals surface area contributed by atoms with E-state index in [0.29, 0.717) is 21.9 Å². The third kappa shape index (κ3) is 3.01. The molecule has 4 rings (SSSR count). The molecule has 0 atom stereocenters.